The number of aryl methyl sites for hydroxylation is 1. The van der Waals surface area contributed by atoms with E-state index in [2.05, 4.69) is 31.1 Å². The van der Waals surface area contributed by atoms with E-state index >= 15 is 0 Å². The molecular weight excluding hydrogens is 490 g/mol. The molecule has 0 saturated heterocycles. The molecular formula is C27H27N5O4S. The van der Waals surface area contributed by atoms with Gasteiger partial charge in [-0.2, -0.15) is 0 Å². The number of aliphatic hydroxyl groups excluding tert-OH is 1. The van der Waals surface area contributed by atoms with E-state index in [0.717, 1.165) is 40.8 Å². The van der Waals surface area contributed by atoms with Gasteiger partial charge in [0, 0.05) is 43.4 Å². The lowest BCUT2D eigenvalue weighted by Crippen LogP contribution is -2.36. The summed E-state index contributed by atoms with van der Waals surface area (Å²) in [4.78, 5) is 12.0. The Morgan fingerprint density at radius 1 is 1.00 bits per heavy atom. The first-order valence-electron chi connectivity index (χ1n) is 12.0. The van der Waals surface area contributed by atoms with Crippen LogP contribution in [0.5, 0.6) is 5.75 Å². The molecule has 0 aliphatic carbocycles. The molecule has 1 aliphatic rings. The van der Waals surface area contributed by atoms with Gasteiger partial charge in [0.05, 0.1) is 11.0 Å². The number of nitrogens with one attached hydrogen (secondary N) is 2. The number of hydrogen-bond donors (Lipinski definition) is 3. The predicted octanol–water partition coefficient (Wildman–Crippen LogP) is 3.36. The second kappa shape index (κ2) is 11.0. The van der Waals surface area contributed by atoms with Gasteiger partial charge in [-0.25, -0.2) is 23.1 Å². The maximum atomic E-state index is 12.6. The number of sulfonamides is 1. The van der Waals surface area contributed by atoms with Crippen LogP contribution < -0.4 is 14.8 Å². The summed E-state index contributed by atoms with van der Waals surface area (Å²) in [5.74, 6) is 0.875. The first-order valence-corrected chi connectivity index (χ1v) is 13.4. The van der Waals surface area contributed by atoms with Gasteiger partial charge in [-0.3, -0.25) is 4.98 Å². The molecule has 0 spiro atoms. The third kappa shape index (κ3) is 6.11. The Balaban J connectivity index is 1.19. The molecule has 37 heavy (non-hydrogen) atoms. The standard InChI is InChI=1S/C27H27N5O4S/c33-25(22-3-1-12-28-16-22)18-29-17-23-8-4-21-15-20(7-11-26(21)36-23)19-5-9-24(10-6-19)37(34,35)32-27-30-13-2-14-31-27/h1-3,5-7,9-16,23,25,29,33H,4,8,17-18H2,(H,30,31,32)/t23-,25-/m0/s1. The first-order chi connectivity index (χ1) is 18.0. The van der Waals surface area contributed by atoms with Crippen molar-refractivity contribution in [1.29, 1.82) is 0 Å². The van der Waals surface area contributed by atoms with Gasteiger partial charge in [0.1, 0.15) is 11.9 Å². The summed E-state index contributed by atoms with van der Waals surface area (Å²) in [6.45, 7) is 1.06. The molecule has 10 heteroatoms. The Morgan fingerprint density at radius 3 is 2.54 bits per heavy atom. The minimum Gasteiger partial charge on any atom is -0.489 e. The van der Waals surface area contributed by atoms with Crippen LogP contribution in [0.4, 0.5) is 5.95 Å². The second-order valence-corrected chi connectivity index (χ2v) is 10.4. The van der Waals surface area contributed by atoms with Gasteiger partial charge in [-0.05, 0) is 65.9 Å². The molecule has 9 nitrogen and oxygen atoms in total. The van der Waals surface area contributed by atoms with Gasteiger partial charge in [-0.1, -0.05) is 24.3 Å². The van der Waals surface area contributed by atoms with Gasteiger partial charge in [0.15, 0.2) is 0 Å². The van der Waals surface area contributed by atoms with Crippen molar-refractivity contribution in [3.05, 3.63) is 96.6 Å². The number of nitrogens with zero attached hydrogens (tertiary/aromatic N) is 3. The predicted molar refractivity (Wildman–Crippen MR) is 140 cm³/mol. The van der Waals surface area contributed by atoms with Crippen LogP contribution in [0.2, 0.25) is 0 Å². The highest BCUT2D eigenvalue weighted by atomic mass is 32.2. The van der Waals surface area contributed by atoms with E-state index < -0.39 is 16.1 Å². The van der Waals surface area contributed by atoms with Crippen LogP contribution in [-0.2, 0) is 16.4 Å². The molecule has 0 radical (unpaired) electrons. The average molecular weight is 518 g/mol. The second-order valence-electron chi connectivity index (χ2n) is 8.76. The fourth-order valence-electron chi connectivity index (χ4n) is 4.20. The zero-order valence-corrected chi connectivity index (χ0v) is 20.8. The molecule has 0 bridgehead atoms. The molecule has 0 amide bonds. The van der Waals surface area contributed by atoms with Crippen LogP contribution in [0.1, 0.15) is 23.7 Å². The molecule has 5 rings (SSSR count). The fraction of sp³-hybridized carbons (Fsp3) is 0.222. The molecule has 1 aliphatic heterocycles. The van der Waals surface area contributed by atoms with Crippen molar-refractivity contribution in [3.63, 3.8) is 0 Å². The van der Waals surface area contributed by atoms with Crippen molar-refractivity contribution in [2.45, 2.75) is 29.9 Å². The van der Waals surface area contributed by atoms with Crippen LogP contribution in [0, 0.1) is 0 Å². The maximum absolute atomic E-state index is 12.6. The minimum absolute atomic E-state index is 0.0185. The molecule has 3 heterocycles. The number of benzene rings is 2. The Hall–Kier alpha value is -3.86. The molecule has 3 N–H and O–H groups in total. The zero-order valence-electron chi connectivity index (χ0n) is 20.0. The van der Waals surface area contributed by atoms with E-state index in [1.54, 1.807) is 42.7 Å². The summed E-state index contributed by atoms with van der Waals surface area (Å²) in [5, 5.41) is 13.6. The van der Waals surface area contributed by atoms with Crippen LogP contribution >= 0.6 is 0 Å². The summed E-state index contributed by atoms with van der Waals surface area (Å²) >= 11 is 0. The number of ether oxygens (including phenoxy) is 1. The third-order valence-corrected chi connectivity index (χ3v) is 7.50. The maximum Gasteiger partial charge on any atom is 0.264 e. The van der Waals surface area contributed by atoms with Gasteiger partial charge in [0.2, 0.25) is 5.95 Å². The quantitative estimate of drug-likeness (QED) is 0.309. The lowest BCUT2D eigenvalue weighted by atomic mass is 9.97. The highest BCUT2D eigenvalue weighted by Gasteiger charge is 2.21. The molecule has 4 aromatic rings. The Labute approximate surface area is 215 Å². The number of aliphatic hydroxyl groups is 1. The van der Waals surface area contributed by atoms with Gasteiger partial charge in [0.25, 0.3) is 10.0 Å². The van der Waals surface area contributed by atoms with Crippen molar-refractivity contribution >= 4 is 16.0 Å². The largest absolute Gasteiger partial charge is 0.489 e. The fourth-order valence-corrected chi connectivity index (χ4v) is 5.16. The van der Waals surface area contributed by atoms with Crippen LogP contribution in [0.25, 0.3) is 11.1 Å². The van der Waals surface area contributed by atoms with Crippen molar-refractivity contribution in [1.82, 2.24) is 20.3 Å². The number of pyridine rings is 1. The van der Waals surface area contributed by atoms with Gasteiger partial charge in [-0.15, -0.1) is 0 Å². The minimum atomic E-state index is -3.78. The average Bonchev–Trinajstić information content (AvgIpc) is 2.93. The number of hydrogen-bond acceptors (Lipinski definition) is 8. The SMILES string of the molecule is O=S(=O)(Nc1ncccn1)c1ccc(-c2ccc3c(c2)CC[C@@H](CNC[C@H](O)c2cccnc2)O3)cc1. The van der Waals surface area contributed by atoms with Gasteiger partial charge >= 0.3 is 0 Å². The molecule has 0 unspecified atom stereocenters. The third-order valence-electron chi connectivity index (χ3n) is 6.16. The molecule has 190 valence electrons. The first kappa shape index (κ1) is 24.8. The van der Waals surface area contributed by atoms with E-state index in [4.69, 9.17) is 4.74 Å². The van der Waals surface area contributed by atoms with Crippen molar-refractivity contribution in [3.8, 4) is 16.9 Å². The summed E-state index contributed by atoms with van der Waals surface area (Å²) in [5.41, 5.74) is 3.79. The summed E-state index contributed by atoms with van der Waals surface area (Å²) in [6, 6.07) is 18.0. The number of aromatic nitrogens is 3. The lowest BCUT2D eigenvalue weighted by molar-refractivity contribution is 0.146. The monoisotopic (exact) mass is 517 g/mol. The summed E-state index contributed by atoms with van der Waals surface area (Å²) in [7, 11) is -3.78. The Bertz CT molecular complexity index is 1440. The number of fused-ring (bicyclic) bond motifs is 1. The van der Waals surface area contributed by atoms with Crippen molar-refractivity contribution in [2.75, 3.05) is 17.8 Å². The van der Waals surface area contributed by atoms with Crippen LogP contribution in [0.15, 0.2) is 90.3 Å². The summed E-state index contributed by atoms with van der Waals surface area (Å²) in [6.07, 6.45) is 7.43. The lowest BCUT2D eigenvalue weighted by Gasteiger charge is -2.27. The number of rotatable bonds is 9. The Kier molecular flexibility index (Phi) is 7.40. The number of anilines is 1. The van der Waals surface area contributed by atoms with Crippen molar-refractivity contribution in [2.24, 2.45) is 0 Å². The van der Waals surface area contributed by atoms with Gasteiger partial charge < -0.3 is 15.2 Å². The molecule has 2 atom stereocenters. The highest BCUT2D eigenvalue weighted by Crippen LogP contribution is 2.32. The van der Waals surface area contributed by atoms with Crippen LogP contribution in [0.3, 0.4) is 0 Å². The Morgan fingerprint density at radius 2 is 1.78 bits per heavy atom. The zero-order chi connectivity index (χ0) is 25.7. The molecule has 2 aromatic carbocycles. The topological polar surface area (TPSA) is 126 Å². The normalized spacial score (nSPS) is 15.9. The van der Waals surface area contributed by atoms with Crippen LogP contribution in [-0.4, -0.2) is 47.7 Å². The van der Waals surface area contributed by atoms with E-state index in [1.165, 1.54) is 12.4 Å². The van der Waals surface area contributed by atoms with E-state index in [0.29, 0.717) is 13.1 Å². The van der Waals surface area contributed by atoms with Crippen molar-refractivity contribution < 1.29 is 18.3 Å². The van der Waals surface area contributed by atoms with E-state index in [-0.39, 0.29) is 16.9 Å². The molecule has 2 aromatic heterocycles. The molecule has 0 saturated carbocycles. The smallest absolute Gasteiger partial charge is 0.264 e. The van der Waals surface area contributed by atoms with E-state index in [1.807, 2.05) is 24.3 Å². The van der Waals surface area contributed by atoms with E-state index in [9.17, 15) is 13.5 Å². The molecule has 0 fully saturated rings. The summed E-state index contributed by atoms with van der Waals surface area (Å²) < 4.78 is 33.8. The highest BCUT2D eigenvalue weighted by molar-refractivity contribution is 7.92.